The Morgan fingerprint density at radius 3 is 2.24 bits per heavy atom. The highest BCUT2D eigenvalue weighted by Crippen LogP contribution is 2.27. The number of piperazine rings is 1. The highest BCUT2D eigenvalue weighted by molar-refractivity contribution is 6.22. The Morgan fingerprint density at radius 2 is 1.56 bits per heavy atom. The summed E-state index contributed by atoms with van der Waals surface area (Å²) in [6, 6.07) is 12.5. The minimum atomic E-state index is -0.763. The van der Waals surface area contributed by atoms with E-state index in [4.69, 9.17) is 4.74 Å². The Hall–Kier alpha value is -3.92. The van der Waals surface area contributed by atoms with Crippen molar-refractivity contribution in [3.05, 3.63) is 59.2 Å². The van der Waals surface area contributed by atoms with Crippen LogP contribution in [0.2, 0.25) is 0 Å². The highest BCUT2D eigenvalue weighted by atomic mass is 16.5. The number of nitrogens with zero attached hydrogens (tertiary/aromatic N) is 4. The molecule has 0 spiro atoms. The smallest absolute Gasteiger partial charge is 0.343 e. The van der Waals surface area contributed by atoms with Crippen molar-refractivity contribution in [2.75, 3.05) is 44.7 Å². The standard InChI is InChI=1S/C24H25N5O5/c1-34-18-5-3-17(4-6-18)27-12-10-26(11-13-27)15-16-2-7-19-20(14-16)23(32)29(22(19)31)28-9-8-21(30)25-24(28)33/h2-7,14H,8-13,15H2,1H3,(H,25,30,33). The lowest BCUT2D eigenvalue weighted by Crippen LogP contribution is -2.58. The number of hydrazine groups is 1. The van der Waals surface area contributed by atoms with Crippen LogP contribution in [0.3, 0.4) is 0 Å². The molecule has 0 aliphatic carbocycles. The monoisotopic (exact) mass is 463 g/mol. The van der Waals surface area contributed by atoms with Crippen molar-refractivity contribution < 1.29 is 23.9 Å². The van der Waals surface area contributed by atoms with E-state index in [1.165, 1.54) is 0 Å². The van der Waals surface area contributed by atoms with Crippen LogP contribution < -0.4 is 15.0 Å². The molecular weight excluding hydrogens is 438 g/mol. The van der Waals surface area contributed by atoms with Crippen molar-refractivity contribution in [1.82, 2.24) is 20.2 Å². The lowest BCUT2D eigenvalue weighted by Gasteiger charge is -2.36. The van der Waals surface area contributed by atoms with E-state index < -0.39 is 23.8 Å². The number of imide groups is 2. The van der Waals surface area contributed by atoms with Gasteiger partial charge in [0, 0.05) is 44.8 Å². The fourth-order valence-electron chi connectivity index (χ4n) is 4.55. The van der Waals surface area contributed by atoms with Crippen molar-refractivity contribution in [3.8, 4) is 5.75 Å². The number of nitrogens with one attached hydrogen (secondary N) is 1. The molecule has 0 bridgehead atoms. The predicted molar refractivity (Wildman–Crippen MR) is 122 cm³/mol. The molecule has 5 amide bonds. The molecule has 1 N–H and O–H groups in total. The molecular formula is C24H25N5O5. The fourth-order valence-corrected chi connectivity index (χ4v) is 4.55. The maximum absolute atomic E-state index is 13.0. The van der Waals surface area contributed by atoms with Gasteiger partial charge in [0.2, 0.25) is 5.91 Å². The maximum Gasteiger partial charge on any atom is 0.343 e. The first kappa shape index (κ1) is 21.9. The van der Waals surface area contributed by atoms with Crippen LogP contribution in [0.1, 0.15) is 32.7 Å². The largest absolute Gasteiger partial charge is 0.497 e. The number of benzene rings is 2. The Labute approximate surface area is 196 Å². The SMILES string of the molecule is COc1ccc(N2CCN(Cc3ccc4c(c3)C(=O)N(N3CCC(=O)NC3=O)C4=O)CC2)cc1. The first-order valence-electron chi connectivity index (χ1n) is 11.2. The molecule has 0 aromatic heterocycles. The first-order chi connectivity index (χ1) is 16.4. The number of fused-ring (bicyclic) bond motifs is 1. The van der Waals surface area contributed by atoms with E-state index in [0.717, 1.165) is 53.2 Å². The van der Waals surface area contributed by atoms with E-state index in [9.17, 15) is 19.2 Å². The number of amides is 5. The topological polar surface area (TPSA) is 102 Å². The zero-order valence-electron chi connectivity index (χ0n) is 18.8. The molecule has 10 heteroatoms. The minimum absolute atomic E-state index is 0.0124. The lowest BCUT2D eigenvalue weighted by atomic mass is 10.1. The molecule has 3 heterocycles. The third-order valence-corrected chi connectivity index (χ3v) is 6.42. The summed E-state index contributed by atoms with van der Waals surface area (Å²) in [6.07, 6.45) is 0.0346. The average Bonchev–Trinajstić information content (AvgIpc) is 3.09. The number of hydrogen-bond acceptors (Lipinski definition) is 7. The second kappa shape index (κ2) is 8.79. The van der Waals surface area contributed by atoms with E-state index in [2.05, 4.69) is 27.2 Å². The van der Waals surface area contributed by atoms with Gasteiger partial charge in [-0.2, -0.15) is 5.01 Å². The van der Waals surface area contributed by atoms with Crippen molar-refractivity contribution in [2.45, 2.75) is 13.0 Å². The van der Waals surface area contributed by atoms with Gasteiger partial charge in [-0.15, -0.1) is 0 Å². The maximum atomic E-state index is 13.0. The van der Waals surface area contributed by atoms with Gasteiger partial charge in [-0.05, 0) is 42.0 Å². The average molecular weight is 463 g/mol. The third kappa shape index (κ3) is 3.96. The van der Waals surface area contributed by atoms with Gasteiger partial charge >= 0.3 is 6.03 Å². The molecule has 10 nitrogen and oxygen atoms in total. The number of carbonyl (C=O) groups excluding carboxylic acids is 4. The Bertz CT molecular complexity index is 1160. The van der Waals surface area contributed by atoms with E-state index in [0.29, 0.717) is 6.54 Å². The van der Waals surface area contributed by atoms with Gasteiger partial charge in [0.1, 0.15) is 5.75 Å². The number of urea groups is 1. The molecule has 0 radical (unpaired) electrons. The van der Waals surface area contributed by atoms with Crippen molar-refractivity contribution in [2.24, 2.45) is 0 Å². The molecule has 3 aliphatic heterocycles. The van der Waals surface area contributed by atoms with Crippen LogP contribution in [0, 0.1) is 0 Å². The summed E-state index contributed by atoms with van der Waals surface area (Å²) in [7, 11) is 1.65. The van der Waals surface area contributed by atoms with Gasteiger partial charge in [0.15, 0.2) is 0 Å². The third-order valence-electron chi connectivity index (χ3n) is 6.42. The van der Waals surface area contributed by atoms with Gasteiger partial charge < -0.3 is 9.64 Å². The van der Waals surface area contributed by atoms with Crippen LogP contribution in [-0.4, -0.2) is 78.5 Å². The second-order valence-electron chi connectivity index (χ2n) is 8.49. The van der Waals surface area contributed by atoms with Crippen LogP contribution in [0.4, 0.5) is 10.5 Å². The summed E-state index contributed by atoms with van der Waals surface area (Å²) in [5.41, 5.74) is 2.63. The second-order valence-corrected chi connectivity index (χ2v) is 8.49. The van der Waals surface area contributed by atoms with Crippen LogP contribution >= 0.6 is 0 Å². The van der Waals surface area contributed by atoms with E-state index in [1.807, 2.05) is 18.2 Å². The molecule has 0 atom stereocenters. The highest BCUT2D eigenvalue weighted by Gasteiger charge is 2.43. The molecule has 0 saturated carbocycles. The molecule has 2 saturated heterocycles. The number of rotatable bonds is 5. The molecule has 2 fully saturated rings. The summed E-state index contributed by atoms with van der Waals surface area (Å²) in [6.45, 7) is 4.13. The molecule has 176 valence electrons. The number of methoxy groups -OCH3 is 1. The summed E-state index contributed by atoms with van der Waals surface area (Å²) >= 11 is 0. The van der Waals surface area contributed by atoms with Gasteiger partial charge in [0.25, 0.3) is 11.8 Å². The molecule has 2 aromatic rings. The zero-order chi connectivity index (χ0) is 23.8. The molecule has 3 aliphatic rings. The number of hydrogen-bond donors (Lipinski definition) is 1. The van der Waals surface area contributed by atoms with Crippen molar-refractivity contribution in [3.63, 3.8) is 0 Å². The first-order valence-corrected chi connectivity index (χ1v) is 11.2. The Kier molecular flexibility index (Phi) is 5.66. The van der Waals surface area contributed by atoms with Crippen LogP contribution in [-0.2, 0) is 11.3 Å². The van der Waals surface area contributed by atoms with Crippen LogP contribution in [0.5, 0.6) is 5.75 Å². The molecule has 0 unspecified atom stereocenters. The Balaban J connectivity index is 1.23. The van der Waals surface area contributed by atoms with Crippen molar-refractivity contribution in [1.29, 1.82) is 0 Å². The van der Waals surface area contributed by atoms with Gasteiger partial charge in [-0.1, -0.05) is 6.07 Å². The number of ether oxygens (including phenoxy) is 1. The predicted octanol–water partition coefficient (Wildman–Crippen LogP) is 1.47. The van der Waals surface area contributed by atoms with E-state index in [-0.39, 0.29) is 24.1 Å². The number of anilines is 1. The summed E-state index contributed by atoms with van der Waals surface area (Å²) in [5.74, 6) is -0.688. The van der Waals surface area contributed by atoms with E-state index >= 15 is 0 Å². The summed E-state index contributed by atoms with van der Waals surface area (Å²) in [4.78, 5) is 54.0. The lowest BCUT2D eigenvalue weighted by molar-refractivity contribution is -0.122. The summed E-state index contributed by atoms with van der Waals surface area (Å²) < 4.78 is 5.23. The van der Waals surface area contributed by atoms with Crippen LogP contribution in [0.15, 0.2) is 42.5 Å². The van der Waals surface area contributed by atoms with E-state index in [1.54, 1.807) is 19.2 Å². The molecule has 34 heavy (non-hydrogen) atoms. The van der Waals surface area contributed by atoms with Crippen LogP contribution in [0.25, 0.3) is 0 Å². The summed E-state index contributed by atoms with van der Waals surface area (Å²) in [5, 5.41) is 3.99. The minimum Gasteiger partial charge on any atom is -0.497 e. The Morgan fingerprint density at radius 1 is 0.853 bits per heavy atom. The quantitative estimate of drug-likeness (QED) is 0.670. The molecule has 5 rings (SSSR count). The molecule has 2 aromatic carbocycles. The van der Waals surface area contributed by atoms with Gasteiger partial charge in [-0.3, -0.25) is 24.6 Å². The normalized spacial score (nSPS) is 18.9. The fraction of sp³-hybridized carbons (Fsp3) is 0.333. The zero-order valence-corrected chi connectivity index (χ0v) is 18.8. The number of carbonyl (C=O) groups is 4. The van der Waals surface area contributed by atoms with Crippen molar-refractivity contribution >= 4 is 29.4 Å². The van der Waals surface area contributed by atoms with Gasteiger partial charge in [0.05, 0.1) is 24.8 Å². The van der Waals surface area contributed by atoms with Gasteiger partial charge in [-0.25, -0.2) is 9.80 Å².